The van der Waals surface area contributed by atoms with Gasteiger partial charge in [0.25, 0.3) is 0 Å². The van der Waals surface area contributed by atoms with Gasteiger partial charge in [-0.2, -0.15) is 0 Å². The highest BCUT2D eigenvalue weighted by atomic mass is 32.2. The summed E-state index contributed by atoms with van der Waals surface area (Å²) in [5.41, 5.74) is 0.873. The summed E-state index contributed by atoms with van der Waals surface area (Å²) in [7, 11) is 0. The SMILES string of the molecule is CSc1ccc(NC(=O)C2CC(C)CCN2)cc1. The van der Waals surface area contributed by atoms with E-state index in [1.165, 1.54) is 4.90 Å². The van der Waals surface area contributed by atoms with Gasteiger partial charge in [-0.15, -0.1) is 11.8 Å². The summed E-state index contributed by atoms with van der Waals surface area (Å²) in [5.74, 6) is 0.708. The lowest BCUT2D eigenvalue weighted by Gasteiger charge is -2.27. The van der Waals surface area contributed by atoms with Crippen LogP contribution < -0.4 is 10.6 Å². The minimum Gasteiger partial charge on any atom is -0.325 e. The van der Waals surface area contributed by atoms with Crippen molar-refractivity contribution in [3.63, 3.8) is 0 Å². The summed E-state index contributed by atoms with van der Waals surface area (Å²) < 4.78 is 0. The lowest BCUT2D eigenvalue weighted by atomic mass is 9.94. The average Bonchev–Trinajstić information content (AvgIpc) is 2.39. The molecule has 18 heavy (non-hydrogen) atoms. The Morgan fingerprint density at radius 1 is 1.39 bits per heavy atom. The molecule has 2 unspecified atom stereocenters. The Kier molecular flexibility index (Phi) is 4.66. The number of hydrogen-bond acceptors (Lipinski definition) is 3. The predicted octanol–water partition coefficient (Wildman–Crippen LogP) is 2.74. The van der Waals surface area contributed by atoms with E-state index in [0.29, 0.717) is 5.92 Å². The number of carbonyl (C=O) groups excluding carboxylic acids is 1. The Labute approximate surface area is 113 Å². The Bertz CT molecular complexity index is 405. The van der Waals surface area contributed by atoms with Crippen LogP contribution in [-0.4, -0.2) is 24.7 Å². The molecule has 3 nitrogen and oxygen atoms in total. The first-order valence-corrected chi connectivity index (χ1v) is 7.60. The Hall–Kier alpha value is -1.00. The Balaban J connectivity index is 1.93. The van der Waals surface area contributed by atoms with E-state index in [1.807, 2.05) is 30.5 Å². The van der Waals surface area contributed by atoms with Crippen LogP contribution in [0.5, 0.6) is 0 Å². The molecule has 2 atom stereocenters. The number of carbonyl (C=O) groups is 1. The van der Waals surface area contributed by atoms with Gasteiger partial charge in [-0.1, -0.05) is 6.92 Å². The molecule has 0 bridgehead atoms. The van der Waals surface area contributed by atoms with E-state index in [-0.39, 0.29) is 11.9 Å². The number of amides is 1. The number of thioether (sulfide) groups is 1. The maximum Gasteiger partial charge on any atom is 0.241 e. The molecule has 0 aliphatic carbocycles. The van der Waals surface area contributed by atoms with Gasteiger partial charge in [-0.25, -0.2) is 0 Å². The smallest absolute Gasteiger partial charge is 0.241 e. The van der Waals surface area contributed by atoms with Crippen LogP contribution in [0, 0.1) is 5.92 Å². The van der Waals surface area contributed by atoms with E-state index in [0.717, 1.165) is 25.1 Å². The first-order valence-electron chi connectivity index (χ1n) is 6.37. The maximum absolute atomic E-state index is 12.1. The third-order valence-corrected chi connectivity index (χ3v) is 4.08. The lowest BCUT2D eigenvalue weighted by molar-refractivity contribution is -0.119. The molecule has 98 valence electrons. The maximum atomic E-state index is 12.1. The third-order valence-electron chi connectivity index (χ3n) is 3.34. The summed E-state index contributed by atoms with van der Waals surface area (Å²) in [6.45, 7) is 3.14. The summed E-state index contributed by atoms with van der Waals surface area (Å²) in [4.78, 5) is 13.3. The number of rotatable bonds is 3. The lowest BCUT2D eigenvalue weighted by Crippen LogP contribution is -2.45. The summed E-state index contributed by atoms with van der Waals surface area (Å²) in [6, 6.07) is 7.91. The largest absolute Gasteiger partial charge is 0.325 e. The van der Waals surface area contributed by atoms with Gasteiger partial charge in [0.1, 0.15) is 0 Å². The highest BCUT2D eigenvalue weighted by Crippen LogP contribution is 2.19. The van der Waals surface area contributed by atoms with E-state index < -0.39 is 0 Å². The molecule has 1 aromatic carbocycles. The molecule has 0 spiro atoms. The van der Waals surface area contributed by atoms with Crippen LogP contribution in [0.4, 0.5) is 5.69 Å². The van der Waals surface area contributed by atoms with E-state index >= 15 is 0 Å². The highest BCUT2D eigenvalue weighted by Gasteiger charge is 2.24. The first-order chi connectivity index (χ1) is 8.69. The van der Waals surface area contributed by atoms with Crippen molar-refractivity contribution in [1.29, 1.82) is 0 Å². The molecule has 1 aliphatic rings. The molecule has 1 saturated heterocycles. The number of piperidine rings is 1. The standard InChI is InChI=1S/C14H20N2OS/c1-10-7-8-15-13(9-10)14(17)16-11-3-5-12(18-2)6-4-11/h3-6,10,13,15H,7-9H2,1-2H3,(H,16,17). The van der Waals surface area contributed by atoms with Crippen LogP contribution in [0.25, 0.3) is 0 Å². The van der Waals surface area contributed by atoms with Gasteiger partial charge in [-0.05, 0) is 55.8 Å². The molecular weight excluding hydrogens is 244 g/mol. The van der Waals surface area contributed by atoms with Crippen molar-refractivity contribution >= 4 is 23.4 Å². The minimum absolute atomic E-state index is 0.0472. The van der Waals surface area contributed by atoms with Crippen molar-refractivity contribution in [2.75, 3.05) is 18.1 Å². The van der Waals surface area contributed by atoms with Gasteiger partial charge in [0.05, 0.1) is 6.04 Å². The average molecular weight is 264 g/mol. The van der Waals surface area contributed by atoms with Crippen LogP contribution in [0.15, 0.2) is 29.2 Å². The highest BCUT2D eigenvalue weighted by molar-refractivity contribution is 7.98. The van der Waals surface area contributed by atoms with Crippen LogP contribution in [0.2, 0.25) is 0 Å². The van der Waals surface area contributed by atoms with E-state index in [4.69, 9.17) is 0 Å². The number of nitrogens with one attached hydrogen (secondary N) is 2. The van der Waals surface area contributed by atoms with Crippen molar-refractivity contribution in [1.82, 2.24) is 5.32 Å². The van der Waals surface area contributed by atoms with Gasteiger partial charge in [0, 0.05) is 10.6 Å². The first kappa shape index (κ1) is 13.4. The second-order valence-corrected chi connectivity index (χ2v) is 5.73. The van der Waals surface area contributed by atoms with E-state index in [9.17, 15) is 4.79 Å². The molecule has 1 amide bonds. The van der Waals surface area contributed by atoms with Crippen molar-refractivity contribution in [3.8, 4) is 0 Å². The molecule has 1 heterocycles. The molecule has 0 radical (unpaired) electrons. The molecule has 0 saturated carbocycles. The van der Waals surface area contributed by atoms with Crippen LogP contribution in [-0.2, 0) is 4.79 Å². The third kappa shape index (κ3) is 3.50. The fourth-order valence-corrected chi connectivity index (χ4v) is 2.62. The number of hydrogen-bond donors (Lipinski definition) is 2. The topological polar surface area (TPSA) is 41.1 Å². The predicted molar refractivity (Wildman–Crippen MR) is 77.0 cm³/mol. The van der Waals surface area contributed by atoms with Gasteiger partial charge < -0.3 is 10.6 Å². The zero-order valence-corrected chi connectivity index (χ0v) is 11.7. The van der Waals surface area contributed by atoms with Gasteiger partial charge in [0.2, 0.25) is 5.91 Å². The van der Waals surface area contributed by atoms with Crippen molar-refractivity contribution < 1.29 is 4.79 Å². The summed E-state index contributed by atoms with van der Waals surface area (Å²) in [6.07, 6.45) is 4.13. The zero-order valence-electron chi connectivity index (χ0n) is 10.9. The quantitative estimate of drug-likeness (QED) is 0.825. The monoisotopic (exact) mass is 264 g/mol. The Morgan fingerprint density at radius 2 is 2.11 bits per heavy atom. The van der Waals surface area contributed by atoms with Crippen molar-refractivity contribution in [2.45, 2.75) is 30.7 Å². The van der Waals surface area contributed by atoms with Gasteiger partial charge in [-0.3, -0.25) is 4.79 Å². The fraction of sp³-hybridized carbons (Fsp3) is 0.500. The fourth-order valence-electron chi connectivity index (χ4n) is 2.21. The molecule has 0 aromatic heterocycles. The number of benzene rings is 1. The molecule has 1 aromatic rings. The Morgan fingerprint density at radius 3 is 2.72 bits per heavy atom. The molecular formula is C14H20N2OS. The molecule has 4 heteroatoms. The van der Waals surface area contributed by atoms with Crippen LogP contribution in [0.3, 0.4) is 0 Å². The normalized spacial score (nSPS) is 23.7. The molecule has 2 N–H and O–H groups in total. The molecule has 2 rings (SSSR count). The van der Waals surface area contributed by atoms with Crippen molar-refractivity contribution in [2.24, 2.45) is 5.92 Å². The zero-order chi connectivity index (χ0) is 13.0. The second kappa shape index (κ2) is 6.25. The number of anilines is 1. The van der Waals surface area contributed by atoms with Gasteiger partial charge >= 0.3 is 0 Å². The summed E-state index contributed by atoms with van der Waals surface area (Å²) in [5, 5.41) is 6.25. The van der Waals surface area contributed by atoms with Crippen molar-refractivity contribution in [3.05, 3.63) is 24.3 Å². The van der Waals surface area contributed by atoms with E-state index in [1.54, 1.807) is 11.8 Å². The van der Waals surface area contributed by atoms with Crippen LogP contribution >= 0.6 is 11.8 Å². The van der Waals surface area contributed by atoms with Crippen LogP contribution in [0.1, 0.15) is 19.8 Å². The summed E-state index contributed by atoms with van der Waals surface area (Å²) >= 11 is 1.70. The van der Waals surface area contributed by atoms with Gasteiger partial charge in [0.15, 0.2) is 0 Å². The molecule has 1 fully saturated rings. The molecule has 1 aliphatic heterocycles. The van der Waals surface area contributed by atoms with E-state index in [2.05, 4.69) is 17.6 Å². The minimum atomic E-state index is -0.0472. The second-order valence-electron chi connectivity index (χ2n) is 4.85.